The molecule has 8 heteroatoms. The molecule has 0 fully saturated rings. The Kier molecular flexibility index (Phi) is 8.91. The van der Waals surface area contributed by atoms with Crippen LogP contribution in [0.2, 0.25) is 0 Å². The first kappa shape index (κ1) is 29.7. The first-order valence-corrected chi connectivity index (χ1v) is 15.2. The van der Waals surface area contributed by atoms with Gasteiger partial charge in [0.25, 0.3) is 0 Å². The fourth-order valence-electron chi connectivity index (χ4n) is 5.87. The number of carbonyl (C=O) groups excluding carboxylic acids is 2. The van der Waals surface area contributed by atoms with Crippen molar-refractivity contribution < 1.29 is 9.59 Å². The maximum Gasteiger partial charge on any atom is 0.247 e. The van der Waals surface area contributed by atoms with Crippen LogP contribution in [0, 0.1) is 6.92 Å². The maximum atomic E-state index is 14.5. The molecule has 0 aliphatic carbocycles. The number of carbonyl (C=O) groups is 2. The number of amides is 2. The van der Waals surface area contributed by atoms with Crippen LogP contribution in [0.25, 0.3) is 17.3 Å². The summed E-state index contributed by atoms with van der Waals surface area (Å²) in [5.41, 5.74) is 7.71. The van der Waals surface area contributed by atoms with Crippen molar-refractivity contribution in [2.45, 2.75) is 38.9 Å². The van der Waals surface area contributed by atoms with Crippen LogP contribution < -0.4 is 0 Å². The molecule has 2 amide bonds. The SMILES string of the molecule is Cc1cc(C=CC(=O)N(Cc2ccc(-c3cnccn3)cc2)C(Cc2ccccc2)C(=O)N2CCc3ccccc3C2)n(C)n1. The molecule has 3 aromatic carbocycles. The highest BCUT2D eigenvalue weighted by molar-refractivity contribution is 5.95. The minimum absolute atomic E-state index is 0.0531. The molecule has 226 valence electrons. The number of hydrogen-bond donors (Lipinski definition) is 0. The highest BCUT2D eigenvalue weighted by Gasteiger charge is 2.34. The fraction of sp³-hybridized carbons (Fsp3) is 0.216. The summed E-state index contributed by atoms with van der Waals surface area (Å²) >= 11 is 0. The third-order valence-corrected chi connectivity index (χ3v) is 8.26. The van der Waals surface area contributed by atoms with E-state index in [2.05, 4.69) is 27.2 Å². The molecule has 0 radical (unpaired) electrons. The van der Waals surface area contributed by atoms with Crippen molar-refractivity contribution in [3.05, 3.63) is 143 Å². The first-order valence-electron chi connectivity index (χ1n) is 15.2. The second-order valence-electron chi connectivity index (χ2n) is 11.4. The van der Waals surface area contributed by atoms with E-state index in [1.807, 2.05) is 91.7 Å². The van der Waals surface area contributed by atoms with Crippen molar-refractivity contribution in [1.82, 2.24) is 29.5 Å². The van der Waals surface area contributed by atoms with Crippen molar-refractivity contribution in [2.24, 2.45) is 7.05 Å². The lowest BCUT2D eigenvalue weighted by molar-refractivity contribution is -0.144. The smallest absolute Gasteiger partial charge is 0.247 e. The molecule has 3 heterocycles. The van der Waals surface area contributed by atoms with Crippen molar-refractivity contribution in [3.63, 3.8) is 0 Å². The molecule has 6 rings (SSSR count). The second-order valence-corrected chi connectivity index (χ2v) is 11.4. The number of rotatable bonds is 9. The van der Waals surface area contributed by atoms with Gasteiger partial charge in [-0.15, -0.1) is 0 Å². The lowest BCUT2D eigenvalue weighted by Crippen LogP contribution is -2.52. The van der Waals surface area contributed by atoms with Gasteiger partial charge in [-0.25, -0.2) is 0 Å². The van der Waals surface area contributed by atoms with Crippen LogP contribution in [0.3, 0.4) is 0 Å². The molecule has 0 saturated heterocycles. The topological polar surface area (TPSA) is 84.2 Å². The molecule has 0 bridgehead atoms. The third-order valence-electron chi connectivity index (χ3n) is 8.26. The van der Waals surface area contributed by atoms with Crippen molar-refractivity contribution >= 4 is 17.9 Å². The predicted molar refractivity (Wildman–Crippen MR) is 174 cm³/mol. The van der Waals surface area contributed by atoms with E-state index >= 15 is 0 Å². The molecule has 2 aromatic heterocycles. The van der Waals surface area contributed by atoms with Gasteiger partial charge in [-0.3, -0.25) is 24.2 Å². The number of nitrogens with zero attached hydrogens (tertiary/aromatic N) is 6. The van der Waals surface area contributed by atoms with Gasteiger partial charge in [0.1, 0.15) is 6.04 Å². The van der Waals surface area contributed by atoms with Gasteiger partial charge in [0.05, 0.1) is 23.3 Å². The van der Waals surface area contributed by atoms with E-state index in [1.165, 1.54) is 5.56 Å². The Morgan fingerprint density at radius 1 is 0.933 bits per heavy atom. The highest BCUT2D eigenvalue weighted by atomic mass is 16.2. The molecule has 1 aliphatic heterocycles. The van der Waals surface area contributed by atoms with Crippen LogP contribution in [0.4, 0.5) is 0 Å². The van der Waals surface area contributed by atoms with E-state index < -0.39 is 6.04 Å². The fourth-order valence-corrected chi connectivity index (χ4v) is 5.87. The Bertz CT molecular complexity index is 1800. The Hall–Kier alpha value is -5.37. The van der Waals surface area contributed by atoms with Crippen LogP contribution in [-0.2, 0) is 42.6 Å². The maximum absolute atomic E-state index is 14.5. The zero-order valence-electron chi connectivity index (χ0n) is 25.6. The average Bonchev–Trinajstić information content (AvgIpc) is 3.41. The second kappa shape index (κ2) is 13.5. The largest absolute Gasteiger partial charge is 0.336 e. The van der Waals surface area contributed by atoms with E-state index in [0.717, 1.165) is 45.8 Å². The number of aromatic nitrogens is 4. The van der Waals surface area contributed by atoms with Crippen molar-refractivity contribution in [1.29, 1.82) is 0 Å². The molecular formula is C37H36N6O2. The Morgan fingerprint density at radius 2 is 1.69 bits per heavy atom. The molecule has 5 aromatic rings. The van der Waals surface area contributed by atoms with Gasteiger partial charge >= 0.3 is 0 Å². The summed E-state index contributed by atoms with van der Waals surface area (Å²) in [6, 6.07) is 27.3. The monoisotopic (exact) mass is 596 g/mol. The van der Waals surface area contributed by atoms with Crippen LogP contribution in [0.5, 0.6) is 0 Å². The standard InChI is InChI=1S/C37H36N6O2/c1-27-22-33(41(2)40-27)16-17-36(44)43(25-29-12-14-31(15-13-29)34-24-38-19-20-39-34)35(23-28-8-4-3-5-9-28)37(45)42-21-18-30-10-6-7-11-32(30)26-42/h3-17,19-20,22,24,35H,18,21,23,25-26H2,1-2H3. The van der Waals surface area contributed by atoms with E-state index in [-0.39, 0.29) is 18.4 Å². The summed E-state index contributed by atoms with van der Waals surface area (Å²) in [7, 11) is 1.85. The summed E-state index contributed by atoms with van der Waals surface area (Å²) in [4.78, 5) is 40.9. The summed E-state index contributed by atoms with van der Waals surface area (Å²) in [5, 5.41) is 4.40. The Morgan fingerprint density at radius 3 is 2.40 bits per heavy atom. The lowest BCUT2D eigenvalue weighted by atomic mass is 9.97. The third kappa shape index (κ3) is 7.07. The molecule has 1 atom stereocenters. The van der Waals surface area contributed by atoms with Crippen LogP contribution in [-0.4, -0.2) is 53.9 Å². The minimum Gasteiger partial charge on any atom is -0.336 e. The Balaban J connectivity index is 1.35. The lowest BCUT2D eigenvalue weighted by Gasteiger charge is -2.37. The predicted octanol–water partition coefficient (Wildman–Crippen LogP) is 5.42. The summed E-state index contributed by atoms with van der Waals surface area (Å²) in [6.45, 7) is 3.32. The first-order chi connectivity index (χ1) is 21.9. The van der Waals surface area contributed by atoms with E-state index in [0.29, 0.717) is 19.5 Å². The normalized spacial score (nSPS) is 13.4. The van der Waals surface area contributed by atoms with Gasteiger partial charge < -0.3 is 9.80 Å². The molecule has 1 aliphatic rings. The minimum atomic E-state index is -0.706. The number of fused-ring (bicyclic) bond motifs is 1. The zero-order valence-corrected chi connectivity index (χ0v) is 25.6. The van der Waals surface area contributed by atoms with Gasteiger partial charge in [0.15, 0.2) is 0 Å². The number of aryl methyl sites for hydroxylation is 2. The van der Waals surface area contributed by atoms with E-state index in [1.54, 1.807) is 40.3 Å². The van der Waals surface area contributed by atoms with Crippen LogP contribution in [0.1, 0.15) is 33.6 Å². The summed E-state index contributed by atoms with van der Waals surface area (Å²) < 4.78 is 1.74. The number of hydrogen-bond acceptors (Lipinski definition) is 5. The van der Waals surface area contributed by atoms with Crippen molar-refractivity contribution in [3.8, 4) is 11.3 Å². The summed E-state index contributed by atoms with van der Waals surface area (Å²) in [6.07, 6.45) is 9.55. The van der Waals surface area contributed by atoms with Gasteiger partial charge in [-0.1, -0.05) is 78.9 Å². The molecular weight excluding hydrogens is 560 g/mol. The Labute approximate surface area is 263 Å². The number of benzene rings is 3. The molecule has 0 N–H and O–H groups in total. The van der Waals surface area contributed by atoms with Crippen LogP contribution in [0.15, 0.2) is 110 Å². The van der Waals surface area contributed by atoms with E-state index in [4.69, 9.17) is 0 Å². The van der Waals surface area contributed by atoms with Crippen LogP contribution >= 0.6 is 0 Å². The molecule has 0 spiro atoms. The van der Waals surface area contributed by atoms with Gasteiger partial charge in [0, 0.05) is 57.1 Å². The molecule has 8 nitrogen and oxygen atoms in total. The molecule has 45 heavy (non-hydrogen) atoms. The average molecular weight is 597 g/mol. The van der Waals surface area contributed by atoms with Gasteiger partial charge in [-0.2, -0.15) is 5.10 Å². The van der Waals surface area contributed by atoms with Gasteiger partial charge in [-0.05, 0) is 47.7 Å². The quantitative estimate of drug-likeness (QED) is 0.212. The highest BCUT2D eigenvalue weighted by Crippen LogP contribution is 2.24. The molecule has 0 saturated carbocycles. The zero-order chi connectivity index (χ0) is 31.2. The van der Waals surface area contributed by atoms with Gasteiger partial charge in [0.2, 0.25) is 11.8 Å². The van der Waals surface area contributed by atoms with E-state index in [9.17, 15) is 9.59 Å². The van der Waals surface area contributed by atoms with Crippen molar-refractivity contribution in [2.75, 3.05) is 6.54 Å². The summed E-state index contributed by atoms with van der Waals surface area (Å²) in [5.74, 6) is -0.291. The molecule has 1 unspecified atom stereocenters.